The van der Waals surface area contributed by atoms with Crippen molar-refractivity contribution >= 4 is 5.91 Å². The molecule has 0 aromatic carbocycles. The zero-order chi connectivity index (χ0) is 13.3. The Hall–Kier alpha value is -1.58. The second-order valence-corrected chi connectivity index (χ2v) is 5.27. The number of amides is 1. The highest BCUT2D eigenvalue weighted by atomic mass is 16.5. The number of carbonyl (C=O) groups excluding carboxylic acids is 1. The third kappa shape index (κ3) is 2.63. The van der Waals surface area contributed by atoms with Crippen molar-refractivity contribution in [2.24, 2.45) is 0 Å². The molecule has 0 atom stereocenters. The minimum absolute atomic E-state index is 0.0169. The van der Waals surface area contributed by atoms with Gasteiger partial charge in [0.1, 0.15) is 0 Å². The van der Waals surface area contributed by atoms with E-state index in [0.717, 1.165) is 18.4 Å². The van der Waals surface area contributed by atoms with E-state index in [1.807, 2.05) is 0 Å². The fourth-order valence-corrected chi connectivity index (χ4v) is 1.80. The highest BCUT2D eigenvalue weighted by Crippen LogP contribution is 2.32. The first-order valence-corrected chi connectivity index (χ1v) is 6.37. The van der Waals surface area contributed by atoms with Gasteiger partial charge in [-0.1, -0.05) is 13.8 Å². The first-order chi connectivity index (χ1) is 8.50. The van der Waals surface area contributed by atoms with E-state index in [1.54, 1.807) is 31.4 Å². The van der Waals surface area contributed by atoms with Crippen LogP contribution < -0.4 is 4.74 Å². The van der Waals surface area contributed by atoms with Gasteiger partial charge in [0.05, 0.1) is 17.9 Å². The van der Waals surface area contributed by atoms with Gasteiger partial charge in [-0.3, -0.25) is 9.78 Å². The van der Waals surface area contributed by atoms with Crippen LogP contribution in [0.1, 0.15) is 48.5 Å². The van der Waals surface area contributed by atoms with Crippen LogP contribution in [0.25, 0.3) is 0 Å². The van der Waals surface area contributed by atoms with Crippen LogP contribution in [0.3, 0.4) is 0 Å². The van der Waals surface area contributed by atoms with E-state index in [4.69, 9.17) is 4.74 Å². The Bertz CT molecular complexity index is 451. The number of hydrogen-bond donors (Lipinski definition) is 0. The van der Waals surface area contributed by atoms with Gasteiger partial charge in [0.25, 0.3) is 5.91 Å². The molecule has 2 rings (SSSR count). The molecule has 0 bridgehead atoms. The zero-order valence-corrected chi connectivity index (χ0v) is 11.4. The van der Waals surface area contributed by atoms with Gasteiger partial charge in [0, 0.05) is 20.3 Å². The van der Waals surface area contributed by atoms with E-state index in [9.17, 15) is 4.79 Å². The maximum atomic E-state index is 12.3. The highest BCUT2D eigenvalue weighted by Gasteiger charge is 2.28. The lowest BCUT2D eigenvalue weighted by Gasteiger charge is -2.19. The monoisotopic (exact) mass is 248 g/mol. The third-order valence-corrected chi connectivity index (χ3v) is 3.00. The number of aromatic nitrogens is 1. The Morgan fingerprint density at radius 2 is 2.06 bits per heavy atom. The smallest absolute Gasteiger partial charge is 0.257 e. The molecule has 1 fully saturated rings. The Balaban J connectivity index is 2.43. The molecule has 1 aliphatic rings. The van der Waals surface area contributed by atoms with Gasteiger partial charge in [-0.2, -0.15) is 0 Å². The second-order valence-electron chi connectivity index (χ2n) is 5.27. The molecule has 0 unspecified atom stereocenters. The number of pyridine rings is 1. The Morgan fingerprint density at radius 1 is 1.39 bits per heavy atom. The molecular weight excluding hydrogens is 228 g/mol. The highest BCUT2D eigenvalue weighted by molar-refractivity contribution is 5.98. The van der Waals surface area contributed by atoms with Crippen molar-refractivity contribution < 1.29 is 9.53 Å². The maximum absolute atomic E-state index is 12.3. The Labute approximate surface area is 108 Å². The number of nitrogens with zero attached hydrogens (tertiary/aromatic N) is 2. The van der Waals surface area contributed by atoms with Gasteiger partial charge in [-0.25, -0.2) is 0 Å². The van der Waals surface area contributed by atoms with Crippen molar-refractivity contribution in [2.45, 2.75) is 38.7 Å². The summed E-state index contributed by atoms with van der Waals surface area (Å²) in [6.07, 6.45) is 5.83. The molecule has 1 aromatic rings. The SMILES string of the molecule is CC(C)c1cncc(OC2CC2)c1C(=O)N(C)C. The number of hydrogen-bond acceptors (Lipinski definition) is 3. The van der Waals surface area contributed by atoms with Crippen LogP contribution in [-0.4, -0.2) is 36.0 Å². The van der Waals surface area contributed by atoms with Crippen molar-refractivity contribution in [3.63, 3.8) is 0 Å². The molecule has 0 spiro atoms. The quantitative estimate of drug-likeness (QED) is 0.822. The average molecular weight is 248 g/mol. The summed E-state index contributed by atoms with van der Waals surface area (Å²) in [5.41, 5.74) is 1.61. The number of carbonyl (C=O) groups is 1. The molecule has 98 valence electrons. The lowest BCUT2D eigenvalue weighted by Crippen LogP contribution is -2.24. The van der Waals surface area contributed by atoms with Gasteiger partial charge >= 0.3 is 0 Å². The molecule has 1 aromatic heterocycles. The van der Waals surface area contributed by atoms with Crippen LogP contribution in [-0.2, 0) is 0 Å². The topological polar surface area (TPSA) is 42.4 Å². The van der Waals surface area contributed by atoms with Crippen molar-refractivity contribution in [3.8, 4) is 5.75 Å². The van der Waals surface area contributed by atoms with E-state index >= 15 is 0 Å². The van der Waals surface area contributed by atoms with Crippen molar-refractivity contribution in [1.29, 1.82) is 0 Å². The number of rotatable bonds is 4. The van der Waals surface area contributed by atoms with Crippen LogP contribution in [0.2, 0.25) is 0 Å². The van der Waals surface area contributed by atoms with Crippen molar-refractivity contribution in [1.82, 2.24) is 9.88 Å². The molecular formula is C14H20N2O2. The van der Waals surface area contributed by atoms with Gasteiger partial charge in [0.15, 0.2) is 5.75 Å². The van der Waals surface area contributed by atoms with Gasteiger partial charge in [0.2, 0.25) is 0 Å². The summed E-state index contributed by atoms with van der Waals surface area (Å²) in [5.74, 6) is 0.860. The summed E-state index contributed by atoms with van der Waals surface area (Å²) in [7, 11) is 3.52. The largest absolute Gasteiger partial charge is 0.488 e. The molecule has 1 saturated carbocycles. The maximum Gasteiger partial charge on any atom is 0.257 e. The molecule has 0 saturated heterocycles. The molecule has 4 heteroatoms. The van der Waals surface area contributed by atoms with Gasteiger partial charge < -0.3 is 9.64 Å². The lowest BCUT2D eigenvalue weighted by molar-refractivity contribution is 0.0821. The molecule has 1 aliphatic carbocycles. The van der Waals surface area contributed by atoms with E-state index < -0.39 is 0 Å². The predicted octanol–water partition coefficient (Wildman–Crippen LogP) is 2.45. The van der Waals surface area contributed by atoms with Gasteiger partial charge in [-0.15, -0.1) is 0 Å². The van der Waals surface area contributed by atoms with Crippen LogP contribution in [0, 0.1) is 0 Å². The van der Waals surface area contributed by atoms with Crippen molar-refractivity contribution in [2.75, 3.05) is 14.1 Å². The zero-order valence-electron chi connectivity index (χ0n) is 11.4. The molecule has 1 amide bonds. The van der Waals surface area contributed by atoms with Gasteiger partial charge in [-0.05, 0) is 24.3 Å². The Kier molecular flexibility index (Phi) is 3.55. The number of ether oxygens (including phenoxy) is 1. The van der Waals surface area contributed by atoms with Crippen LogP contribution in [0.15, 0.2) is 12.4 Å². The minimum Gasteiger partial charge on any atom is -0.488 e. The van der Waals surface area contributed by atoms with Crippen LogP contribution in [0.4, 0.5) is 0 Å². The van der Waals surface area contributed by atoms with Crippen LogP contribution in [0.5, 0.6) is 5.75 Å². The summed E-state index contributed by atoms with van der Waals surface area (Å²) >= 11 is 0. The Morgan fingerprint density at radius 3 is 2.56 bits per heavy atom. The first-order valence-electron chi connectivity index (χ1n) is 6.37. The minimum atomic E-state index is -0.0169. The second kappa shape index (κ2) is 4.96. The fraction of sp³-hybridized carbons (Fsp3) is 0.571. The summed E-state index contributed by atoms with van der Waals surface area (Å²) in [4.78, 5) is 18.1. The van der Waals surface area contributed by atoms with E-state index in [-0.39, 0.29) is 17.9 Å². The van der Waals surface area contributed by atoms with Crippen LogP contribution >= 0.6 is 0 Å². The van der Waals surface area contributed by atoms with E-state index in [0.29, 0.717) is 11.3 Å². The standard InChI is InChI=1S/C14H20N2O2/c1-9(2)11-7-15-8-12(18-10-5-6-10)13(11)14(17)16(3)4/h7-10H,5-6H2,1-4H3. The predicted molar refractivity (Wildman–Crippen MR) is 70.0 cm³/mol. The third-order valence-electron chi connectivity index (χ3n) is 3.00. The van der Waals surface area contributed by atoms with E-state index in [2.05, 4.69) is 18.8 Å². The van der Waals surface area contributed by atoms with E-state index in [1.165, 1.54) is 0 Å². The average Bonchev–Trinajstić information content (AvgIpc) is 3.11. The summed E-state index contributed by atoms with van der Waals surface area (Å²) < 4.78 is 5.81. The fourth-order valence-electron chi connectivity index (χ4n) is 1.80. The molecule has 18 heavy (non-hydrogen) atoms. The molecule has 0 radical (unpaired) electrons. The summed E-state index contributed by atoms with van der Waals surface area (Å²) in [6, 6.07) is 0. The first kappa shape index (κ1) is 12.9. The summed E-state index contributed by atoms with van der Waals surface area (Å²) in [5, 5.41) is 0. The molecule has 1 heterocycles. The lowest BCUT2D eigenvalue weighted by atomic mass is 9.98. The normalized spacial score (nSPS) is 14.7. The van der Waals surface area contributed by atoms with Crippen molar-refractivity contribution in [3.05, 3.63) is 23.5 Å². The summed E-state index contributed by atoms with van der Waals surface area (Å²) in [6.45, 7) is 4.12. The molecule has 0 aliphatic heterocycles. The molecule has 0 N–H and O–H groups in total. The molecule has 4 nitrogen and oxygen atoms in total.